The molecule has 2 N–H and O–H groups in total. The zero-order chi connectivity index (χ0) is 13.8. The number of nitrogens with one attached hydrogen (secondary N) is 1. The number of aryl methyl sites for hydroxylation is 1. The predicted octanol–water partition coefficient (Wildman–Crippen LogP) is 4.03. The third-order valence-corrected chi connectivity index (χ3v) is 5.19. The largest absolute Gasteiger partial charge is 0.508 e. The van der Waals surface area contributed by atoms with Gasteiger partial charge in [-0.05, 0) is 51.0 Å². The fourth-order valence-corrected chi connectivity index (χ4v) is 3.80. The third kappa shape index (κ3) is 3.90. The van der Waals surface area contributed by atoms with Crippen molar-refractivity contribution in [3.05, 3.63) is 29.3 Å². The third-order valence-electron chi connectivity index (χ3n) is 4.10. The van der Waals surface area contributed by atoms with E-state index in [1.54, 1.807) is 0 Å². The molecule has 0 heterocycles. The fourth-order valence-electron chi connectivity index (χ4n) is 2.97. The molecule has 1 aromatic rings. The number of hydrogen-bond acceptors (Lipinski definition) is 3. The first-order valence-electron chi connectivity index (χ1n) is 7.18. The minimum Gasteiger partial charge on any atom is -0.508 e. The summed E-state index contributed by atoms with van der Waals surface area (Å²) in [7, 11) is 0. The van der Waals surface area contributed by atoms with Crippen LogP contribution in [-0.4, -0.2) is 22.7 Å². The average molecular weight is 279 g/mol. The summed E-state index contributed by atoms with van der Waals surface area (Å²) in [5, 5.41) is 14.5. The van der Waals surface area contributed by atoms with Crippen LogP contribution in [0.4, 0.5) is 0 Å². The van der Waals surface area contributed by atoms with Crippen LogP contribution in [0.15, 0.2) is 18.2 Å². The van der Waals surface area contributed by atoms with Crippen LogP contribution in [0, 0.1) is 6.92 Å². The maximum atomic E-state index is 10.0. The van der Waals surface area contributed by atoms with Crippen LogP contribution in [0.1, 0.15) is 49.8 Å². The second-order valence-corrected chi connectivity index (χ2v) is 6.81. The molecule has 1 aromatic carbocycles. The molecule has 1 saturated carbocycles. The highest BCUT2D eigenvalue weighted by molar-refractivity contribution is 7.99. The molecule has 0 spiro atoms. The Kier molecular flexibility index (Phi) is 5.17. The Balaban J connectivity index is 1.98. The van der Waals surface area contributed by atoms with Crippen LogP contribution in [0.2, 0.25) is 0 Å². The Bertz CT molecular complexity index is 421. The summed E-state index contributed by atoms with van der Waals surface area (Å²) in [6.07, 6.45) is 7.38. The Labute approximate surface area is 121 Å². The number of hydrogen-bond donors (Lipinski definition) is 2. The molecule has 3 heteroatoms. The van der Waals surface area contributed by atoms with Gasteiger partial charge in [-0.15, -0.1) is 0 Å². The smallest absolute Gasteiger partial charge is 0.120 e. The molecule has 0 aliphatic heterocycles. The number of phenols is 1. The van der Waals surface area contributed by atoms with Crippen molar-refractivity contribution in [1.82, 2.24) is 5.32 Å². The number of thioether (sulfide) groups is 1. The summed E-state index contributed by atoms with van der Waals surface area (Å²) in [6, 6.07) is 6.75. The zero-order valence-electron chi connectivity index (χ0n) is 12.1. The molecule has 1 aliphatic carbocycles. The van der Waals surface area contributed by atoms with Crippen molar-refractivity contribution >= 4 is 11.8 Å². The molecule has 0 amide bonds. The highest BCUT2D eigenvalue weighted by atomic mass is 32.2. The summed E-state index contributed by atoms with van der Waals surface area (Å²) in [4.78, 5) is 0. The van der Waals surface area contributed by atoms with E-state index >= 15 is 0 Å². The summed E-state index contributed by atoms with van der Waals surface area (Å²) in [6.45, 7) is 4.15. The van der Waals surface area contributed by atoms with E-state index in [9.17, 15) is 5.11 Å². The number of aromatic hydroxyl groups is 1. The van der Waals surface area contributed by atoms with Gasteiger partial charge in [0.05, 0.1) is 0 Å². The van der Waals surface area contributed by atoms with Gasteiger partial charge in [0.1, 0.15) is 5.75 Å². The Morgan fingerprint density at radius 3 is 2.84 bits per heavy atom. The second kappa shape index (κ2) is 6.67. The van der Waals surface area contributed by atoms with Crippen LogP contribution in [-0.2, 0) is 0 Å². The molecular formula is C16H25NOS. The normalized spacial score (nSPS) is 25.2. The van der Waals surface area contributed by atoms with Crippen LogP contribution < -0.4 is 5.32 Å². The van der Waals surface area contributed by atoms with Gasteiger partial charge in [-0.2, -0.15) is 11.8 Å². The molecule has 0 bridgehead atoms. The van der Waals surface area contributed by atoms with E-state index in [-0.39, 0.29) is 6.04 Å². The zero-order valence-corrected chi connectivity index (χ0v) is 13.0. The minimum atomic E-state index is 0.214. The first-order chi connectivity index (χ1) is 9.10. The Hall–Kier alpha value is -0.670. The lowest BCUT2D eigenvalue weighted by Gasteiger charge is -2.31. The van der Waals surface area contributed by atoms with Gasteiger partial charge in [-0.3, -0.25) is 0 Å². The van der Waals surface area contributed by atoms with Crippen LogP contribution in [0.3, 0.4) is 0 Å². The van der Waals surface area contributed by atoms with Gasteiger partial charge < -0.3 is 10.4 Å². The topological polar surface area (TPSA) is 32.3 Å². The molecule has 19 heavy (non-hydrogen) atoms. The Morgan fingerprint density at radius 2 is 2.16 bits per heavy atom. The quantitative estimate of drug-likeness (QED) is 0.873. The summed E-state index contributed by atoms with van der Waals surface area (Å²) in [5.41, 5.74) is 2.12. The summed E-state index contributed by atoms with van der Waals surface area (Å²) in [5.74, 6) is 0.414. The molecular weight excluding hydrogens is 254 g/mol. The van der Waals surface area contributed by atoms with Gasteiger partial charge in [0.25, 0.3) is 0 Å². The van der Waals surface area contributed by atoms with E-state index in [1.165, 1.54) is 25.7 Å². The minimum absolute atomic E-state index is 0.214. The maximum absolute atomic E-state index is 10.0. The van der Waals surface area contributed by atoms with Gasteiger partial charge in [-0.25, -0.2) is 0 Å². The van der Waals surface area contributed by atoms with Crippen molar-refractivity contribution in [2.45, 2.75) is 56.9 Å². The van der Waals surface area contributed by atoms with E-state index in [0.29, 0.717) is 11.8 Å². The average Bonchev–Trinajstić information content (AvgIpc) is 2.38. The predicted molar refractivity (Wildman–Crippen MR) is 84.0 cm³/mol. The number of rotatable bonds is 4. The first kappa shape index (κ1) is 14.7. The van der Waals surface area contributed by atoms with E-state index in [4.69, 9.17) is 0 Å². The molecule has 0 radical (unpaired) electrons. The van der Waals surface area contributed by atoms with E-state index < -0.39 is 0 Å². The van der Waals surface area contributed by atoms with E-state index in [1.807, 2.05) is 30.8 Å². The number of phenolic OH excluding ortho intramolecular Hbond substituents is 1. The van der Waals surface area contributed by atoms with Gasteiger partial charge in [0.2, 0.25) is 0 Å². The molecule has 1 fully saturated rings. The molecule has 2 nitrogen and oxygen atoms in total. The van der Waals surface area contributed by atoms with E-state index in [2.05, 4.69) is 24.6 Å². The molecule has 3 atom stereocenters. The van der Waals surface area contributed by atoms with Crippen LogP contribution in [0.25, 0.3) is 0 Å². The van der Waals surface area contributed by atoms with Crippen LogP contribution in [0.5, 0.6) is 5.75 Å². The SMILES string of the molecule is CSC1CCCC(NC(C)c2ccc(C)cc2O)C1. The molecule has 2 rings (SSSR count). The lowest BCUT2D eigenvalue weighted by molar-refractivity contribution is 0.348. The summed E-state index contributed by atoms with van der Waals surface area (Å²) >= 11 is 1.99. The standard InChI is InChI=1S/C16H25NOS/c1-11-7-8-15(16(18)9-11)12(2)17-13-5-4-6-14(10-13)19-3/h7-9,12-14,17-18H,4-6,10H2,1-3H3. The lowest BCUT2D eigenvalue weighted by atomic mass is 9.93. The van der Waals surface area contributed by atoms with Crippen molar-refractivity contribution < 1.29 is 5.11 Å². The van der Waals surface area contributed by atoms with Crippen molar-refractivity contribution in [2.75, 3.05) is 6.26 Å². The van der Waals surface area contributed by atoms with Crippen LogP contribution >= 0.6 is 11.8 Å². The van der Waals surface area contributed by atoms with Gasteiger partial charge >= 0.3 is 0 Å². The van der Waals surface area contributed by atoms with Gasteiger partial charge in [0.15, 0.2) is 0 Å². The van der Waals surface area contributed by atoms with Crippen molar-refractivity contribution in [2.24, 2.45) is 0 Å². The highest BCUT2D eigenvalue weighted by Gasteiger charge is 2.23. The fraction of sp³-hybridized carbons (Fsp3) is 0.625. The van der Waals surface area contributed by atoms with Crippen molar-refractivity contribution in [1.29, 1.82) is 0 Å². The molecule has 3 unspecified atom stereocenters. The second-order valence-electron chi connectivity index (χ2n) is 5.67. The highest BCUT2D eigenvalue weighted by Crippen LogP contribution is 2.30. The molecule has 1 aliphatic rings. The monoisotopic (exact) mass is 279 g/mol. The van der Waals surface area contributed by atoms with Gasteiger partial charge in [0, 0.05) is 22.9 Å². The maximum Gasteiger partial charge on any atom is 0.120 e. The molecule has 0 saturated heterocycles. The summed E-state index contributed by atoms with van der Waals surface area (Å²) < 4.78 is 0. The lowest BCUT2D eigenvalue weighted by Crippen LogP contribution is -2.36. The van der Waals surface area contributed by atoms with Gasteiger partial charge in [-0.1, -0.05) is 18.6 Å². The molecule has 106 valence electrons. The van der Waals surface area contributed by atoms with Crippen molar-refractivity contribution in [3.8, 4) is 5.75 Å². The first-order valence-corrected chi connectivity index (χ1v) is 8.47. The van der Waals surface area contributed by atoms with E-state index in [0.717, 1.165) is 16.4 Å². The van der Waals surface area contributed by atoms with Crippen molar-refractivity contribution in [3.63, 3.8) is 0 Å². The Morgan fingerprint density at radius 1 is 1.37 bits per heavy atom. The number of benzene rings is 1. The molecule has 0 aromatic heterocycles.